The van der Waals surface area contributed by atoms with E-state index in [1.165, 1.54) is 0 Å². The molecule has 0 bridgehead atoms. The van der Waals surface area contributed by atoms with E-state index in [4.69, 9.17) is 23.2 Å². The summed E-state index contributed by atoms with van der Waals surface area (Å²) in [6.45, 7) is 4.11. The van der Waals surface area contributed by atoms with Gasteiger partial charge in [0.05, 0.1) is 10.0 Å². The number of rotatable bonds is 1. The number of piperazine rings is 1. The van der Waals surface area contributed by atoms with Gasteiger partial charge in [-0.25, -0.2) is 0 Å². The minimum absolute atomic E-state index is 0. The Balaban J connectivity index is 0.00000112. The maximum Gasteiger partial charge on any atom is 0.0612 e. The lowest BCUT2D eigenvalue weighted by molar-refractivity contribution is 0.589. The monoisotopic (exact) mass is 266 g/mol. The number of nitrogens with zero attached hydrogens (tertiary/aromatic N) is 1. The molecule has 1 N–H and O–H groups in total. The van der Waals surface area contributed by atoms with E-state index in [1.807, 2.05) is 18.2 Å². The van der Waals surface area contributed by atoms with E-state index in [-0.39, 0.29) is 12.4 Å². The second kappa shape index (κ2) is 5.80. The van der Waals surface area contributed by atoms with Crippen molar-refractivity contribution in [1.82, 2.24) is 5.32 Å². The lowest BCUT2D eigenvalue weighted by Gasteiger charge is -2.29. The van der Waals surface area contributed by atoms with Gasteiger partial charge in [-0.2, -0.15) is 0 Å². The fourth-order valence-corrected chi connectivity index (χ4v) is 1.90. The molecular formula is C10H13Cl3N2. The zero-order chi connectivity index (χ0) is 9.97. The third kappa shape index (κ3) is 3.15. The maximum absolute atomic E-state index is 5.96. The Bertz CT molecular complexity index is 324. The van der Waals surface area contributed by atoms with Crippen LogP contribution in [0, 0.1) is 0 Å². The summed E-state index contributed by atoms with van der Waals surface area (Å²) in [5, 5.41) is 4.55. The van der Waals surface area contributed by atoms with Crippen molar-refractivity contribution in [2.24, 2.45) is 0 Å². The van der Waals surface area contributed by atoms with Crippen molar-refractivity contribution in [3.8, 4) is 0 Å². The van der Waals surface area contributed by atoms with E-state index in [0.717, 1.165) is 31.9 Å². The van der Waals surface area contributed by atoms with Crippen molar-refractivity contribution >= 4 is 41.3 Å². The molecule has 0 amide bonds. The zero-order valence-electron chi connectivity index (χ0n) is 8.17. The molecule has 0 spiro atoms. The molecule has 84 valence electrons. The molecular weight excluding hydrogens is 254 g/mol. The van der Waals surface area contributed by atoms with Crippen LogP contribution in [0.3, 0.4) is 0 Å². The second-order valence-corrected chi connectivity index (χ2v) is 4.15. The molecule has 1 heterocycles. The van der Waals surface area contributed by atoms with Gasteiger partial charge < -0.3 is 10.2 Å². The summed E-state index contributed by atoms with van der Waals surface area (Å²) < 4.78 is 0. The summed E-state index contributed by atoms with van der Waals surface area (Å²) in [5.74, 6) is 0. The first-order chi connectivity index (χ1) is 6.77. The van der Waals surface area contributed by atoms with Crippen molar-refractivity contribution < 1.29 is 0 Å². The summed E-state index contributed by atoms with van der Waals surface area (Å²) in [6, 6.07) is 5.79. The Hall–Kier alpha value is -0.150. The molecule has 1 aliphatic rings. The van der Waals surface area contributed by atoms with Crippen molar-refractivity contribution in [1.29, 1.82) is 0 Å². The molecule has 0 unspecified atom stereocenters. The smallest absolute Gasteiger partial charge is 0.0612 e. The summed E-state index contributed by atoms with van der Waals surface area (Å²) in [5.41, 5.74) is 1.15. The predicted octanol–water partition coefficient (Wildman–Crippen LogP) is 2.82. The molecule has 0 atom stereocenters. The van der Waals surface area contributed by atoms with Gasteiger partial charge in [0, 0.05) is 31.9 Å². The largest absolute Gasteiger partial charge is 0.369 e. The Labute approximate surface area is 106 Å². The minimum atomic E-state index is 0. The summed E-state index contributed by atoms with van der Waals surface area (Å²) in [7, 11) is 0. The van der Waals surface area contributed by atoms with Gasteiger partial charge in [-0.3, -0.25) is 0 Å². The lowest BCUT2D eigenvalue weighted by Crippen LogP contribution is -2.43. The highest BCUT2D eigenvalue weighted by atomic mass is 35.5. The van der Waals surface area contributed by atoms with Crippen LogP contribution in [0.5, 0.6) is 0 Å². The average Bonchev–Trinajstić information content (AvgIpc) is 2.23. The fraction of sp³-hybridized carbons (Fsp3) is 0.400. The van der Waals surface area contributed by atoms with E-state index < -0.39 is 0 Å². The summed E-state index contributed by atoms with van der Waals surface area (Å²) >= 11 is 11.8. The summed E-state index contributed by atoms with van der Waals surface area (Å²) in [4.78, 5) is 2.30. The molecule has 15 heavy (non-hydrogen) atoms. The highest BCUT2D eigenvalue weighted by Crippen LogP contribution is 2.27. The first-order valence-corrected chi connectivity index (χ1v) is 5.44. The zero-order valence-corrected chi connectivity index (χ0v) is 10.5. The minimum Gasteiger partial charge on any atom is -0.369 e. The third-order valence-electron chi connectivity index (χ3n) is 2.39. The maximum atomic E-state index is 5.96. The van der Waals surface area contributed by atoms with Crippen LogP contribution >= 0.6 is 35.6 Å². The van der Waals surface area contributed by atoms with Crippen molar-refractivity contribution in [3.05, 3.63) is 28.2 Å². The van der Waals surface area contributed by atoms with Crippen LogP contribution in [-0.2, 0) is 0 Å². The standard InChI is InChI=1S/C10H12Cl2N2.ClH/c11-9-2-1-8(7-10(9)12)14-5-3-13-4-6-14;/h1-2,7,13H,3-6H2;1H. The van der Waals surface area contributed by atoms with Crippen LogP contribution in [-0.4, -0.2) is 26.2 Å². The first-order valence-electron chi connectivity index (χ1n) is 4.68. The predicted molar refractivity (Wildman–Crippen MR) is 68.8 cm³/mol. The lowest BCUT2D eigenvalue weighted by atomic mass is 10.2. The Morgan fingerprint density at radius 3 is 2.33 bits per heavy atom. The van der Waals surface area contributed by atoms with Crippen LogP contribution in [0.2, 0.25) is 10.0 Å². The molecule has 1 aromatic rings. The molecule has 0 radical (unpaired) electrons. The van der Waals surface area contributed by atoms with Crippen LogP contribution in [0.4, 0.5) is 5.69 Å². The van der Waals surface area contributed by atoms with Crippen LogP contribution in [0.25, 0.3) is 0 Å². The Morgan fingerprint density at radius 2 is 1.73 bits per heavy atom. The van der Waals surface area contributed by atoms with E-state index in [1.54, 1.807) is 0 Å². The molecule has 1 aromatic carbocycles. The topological polar surface area (TPSA) is 15.3 Å². The quantitative estimate of drug-likeness (QED) is 0.842. The van der Waals surface area contributed by atoms with Crippen molar-refractivity contribution in [2.75, 3.05) is 31.1 Å². The van der Waals surface area contributed by atoms with E-state index in [2.05, 4.69) is 10.2 Å². The van der Waals surface area contributed by atoms with Crippen LogP contribution < -0.4 is 10.2 Å². The van der Waals surface area contributed by atoms with Gasteiger partial charge in [0.2, 0.25) is 0 Å². The highest BCUT2D eigenvalue weighted by molar-refractivity contribution is 6.42. The molecule has 0 saturated carbocycles. The molecule has 1 aliphatic heterocycles. The highest BCUT2D eigenvalue weighted by Gasteiger charge is 2.11. The number of hydrogen-bond acceptors (Lipinski definition) is 2. The Kier molecular flexibility index (Phi) is 5.00. The van der Waals surface area contributed by atoms with Gasteiger partial charge >= 0.3 is 0 Å². The van der Waals surface area contributed by atoms with Gasteiger partial charge in [-0.1, -0.05) is 23.2 Å². The number of benzene rings is 1. The van der Waals surface area contributed by atoms with E-state index >= 15 is 0 Å². The van der Waals surface area contributed by atoms with Crippen molar-refractivity contribution in [2.45, 2.75) is 0 Å². The normalized spacial score (nSPS) is 16.0. The Morgan fingerprint density at radius 1 is 1.07 bits per heavy atom. The third-order valence-corrected chi connectivity index (χ3v) is 3.12. The number of anilines is 1. The fourth-order valence-electron chi connectivity index (χ4n) is 1.60. The van der Waals surface area contributed by atoms with Gasteiger partial charge in [0.25, 0.3) is 0 Å². The number of hydrogen-bond donors (Lipinski definition) is 1. The molecule has 1 fully saturated rings. The van der Waals surface area contributed by atoms with Crippen LogP contribution in [0.15, 0.2) is 18.2 Å². The number of nitrogens with one attached hydrogen (secondary N) is 1. The average molecular weight is 268 g/mol. The molecule has 1 saturated heterocycles. The number of halogens is 3. The molecule has 5 heteroatoms. The second-order valence-electron chi connectivity index (χ2n) is 3.34. The van der Waals surface area contributed by atoms with E-state index in [0.29, 0.717) is 10.0 Å². The summed E-state index contributed by atoms with van der Waals surface area (Å²) in [6.07, 6.45) is 0. The van der Waals surface area contributed by atoms with Gasteiger partial charge in [0.1, 0.15) is 0 Å². The SMILES string of the molecule is Cl.Clc1ccc(N2CCNCC2)cc1Cl. The first kappa shape index (κ1) is 12.9. The van der Waals surface area contributed by atoms with Gasteiger partial charge in [-0.15, -0.1) is 12.4 Å². The van der Waals surface area contributed by atoms with E-state index in [9.17, 15) is 0 Å². The van der Waals surface area contributed by atoms with Gasteiger partial charge in [-0.05, 0) is 18.2 Å². The van der Waals surface area contributed by atoms with Crippen molar-refractivity contribution in [3.63, 3.8) is 0 Å². The molecule has 0 aromatic heterocycles. The molecule has 2 rings (SSSR count). The molecule has 2 nitrogen and oxygen atoms in total. The van der Waals surface area contributed by atoms with Gasteiger partial charge in [0.15, 0.2) is 0 Å². The molecule has 0 aliphatic carbocycles. The van der Waals surface area contributed by atoms with Crippen LogP contribution in [0.1, 0.15) is 0 Å².